The Hall–Kier alpha value is -10.3. The highest BCUT2D eigenvalue weighted by Crippen LogP contribution is 2.47. The number of hydrogen-bond acceptors (Lipinski definition) is 0. The molecule has 0 aliphatic heterocycles. The van der Waals surface area contributed by atoms with Crippen molar-refractivity contribution in [1.29, 1.82) is 0 Å². The van der Waals surface area contributed by atoms with Gasteiger partial charge in [-0.2, -0.15) is 0 Å². The molecule has 0 N–H and O–H groups in total. The van der Waals surface area contributed by atoms with E-state index in [9.17, 15) is 0 Å². The molecule has 370 valence electrons. The maximum absolute atomic E-state index is 2.53. The van der Waals surface area contributed by atoms with Crippen LogP contribution in [0.25, 0.3) is 139 Å². The van der Waals surface area contributed by atoms with Gasteiger partial charge in [0.2, 0.25) is 0 Å². The Morgan fingerprint density at radius 1 is 0.152 bits per heavy atom. The fraction of sp³-hybridized carbons (Fsp3) is 0. The van der Waals surface area contributed by atoms with E-state index in [0.717, 1.165) is 16.8 Å². The van der Waals surface area contributed by atoms with Crippen molar-refractivity contribution in [2.75, 3.05) is 0 Å². The Labute approximate surface area is 462 Å². The number of benzene rings is 13. The molecule has 14 aromatic rings. The van der Waals surface area contributed by atoms with Crippen molar-refractivity contribution in [3.05, 3.63) is 322 Å². The second kappa shape index (κ2) is 20.7. The molecule has 0 spiro atoms. The highest BCUT2D eigenvalue weighted by molar-refractivity contribution is 6.19. The minimum absolute atomic E-state index is 1.11. The smallest absolute Gasteiger partial charge is 0.0620 e. The maximum Gasteiger partial charge on any atom is 0.0620 e. The quantitative estimate of drug-likeness (QED) is 0.122. The fourth-order valence-corrected chi connectivity index (χ4v) is 11.6. The molecule has 0 saturated carbocycles. The topological polar surface area (TPSA) is 4.93 Å². The van der Waals surface area contributed by atoms with Crippen LogP contribution >= 0.6 is 0 Å². The van der Waals surface area contributed by atoms with Gasteiger partial charge in [0.25, 0.3) is 0 Å². The summed E-state index contributed by atoms with van der Waals surface area (Å²) < 4.78 is 2.53. The second-order valence-corrected chi connectivity index (χ2v) is 20.5. The summed E-state index contributed by atoms with van der Waals surface area (Å²) in [5.74, 6) is 0. The molecule has 0 fully saturated rings. The molecule has 0 radical (unpaired) electrons. The van der Waals surface area contributed by atoms with Gasteiger partial charge in [-0.1, -0.05) is 249 Å². The van der Waals surface area contributed by atoms with Crippen LogP contribution in [0.1, 0.15) is 0 Å². The summed E-state index contributed by atoms with van der Waals surface area (Å²) in [4.78, 5) is 0. The van der Waals surface area contributed by atoms with Crippen LogP contribution < -0.4 is 0 Å². The van der Waals surface area contributed by atoms with Gasteiger partial charge in [-0.3, -0.25) is 0 Å². The fourth-order valence-electron chi connectivity index (χ4n) is 11.6. The van der Waals surface area contributed by atoms with E-state index in [-0.39, 0.29) is 0 Å². The standard InChI is InChI=1S/C78H53N/c1-8-22-54(23-9-1)64-44-65(55-24-10-2-11-25-55)47-68(46-64)60-36-40-62(41-37-60)73-50-70(58-30-16-5-17-31-58)52-75-76-53-71(59-32-18-6-19-33-59)51-74(78(76)79(77(73)75)72-34-20-7-21-35-72)63-42-38-61(39-43-63)69-48-66(56-26-12-3-13-27-56)45-67(49-69)57-28-14-4-15-29-57/h1-53H. The van der Waals surface area contributed by atoms with Gasteiger partial charge < -0.3 is 4.57 Å². The summed E-state index contributed by atoms with van der Waals surface area (Å²) >= 11 is 0. The monoisotopic (exact) mass is 1000 g/mol. The first kappa shape index (κ1) is 47.1. The average molecular weight is 1000 g/mol. The van der Waals surface area contributed by atoms with Gasteiger partial charge in [-0.05, 0) is 173 Å². The molecule has 0 unspecified atom stereocenters. The first-order valence-electron chi connectivity index (χ1n) is 27.2. The lowest BCUT2D eigenvalue weighted by Crippen LogP contribution is -1.97. The van der Waals surface area contributed by atoms with Gasteiger partial charge in [0, 0.05) is 27.6 Å². The summed E-state index contributed by atoms with van der Waals surface area (Å²) in [5.41, 5.74) is 27.0. The van der Waals surface area contributed by atoms with E-state index in [0.29, 0.717) is 0 Å². The molecule has 0 bridgehead atoms. The molecule has 1 aromatic heterocycles. The van der Waals surface area contributed by atoms with Gasteiger partial charge in [0.05, 0.1) is 11.0 Å². The predicted molar refractivity (Wildman–Crippen MR) is 335 cm³/mol. The third-order valence-electron chi connectivity index (χ3n) is 15.5. The highest BCUT2D eigenvalue weighted by atomic mass is 15.0. The predicted octanol–water partition coefficient (Wildman–Crippen LogP) is 21.5. The van der Waals surface area contributed by atoms with Crippen LogP contribution in [0.5, 0.6) is 0 Å². The van der Waals surface area contributed by atoms with Gasteiger partial charge >= 0.3 is 0 Å². The molecular weight excluding hydrogens is 951 g/mol. The van der Waals surface area contributed by atoms with Crippen LogP contribution in [-0.2, 0) is 0 Å². The van der Waals surface area contributed by atoms with Crippen molar-refractivity contribution in [2.45, 2.75) is 0 Å². The number of para-hydroxylation sites is 1. The van der Waals surface area contributed by atoms with Crippen LogP contribution in [0.15, 0.2) is 322 Å². The molecule has 0 aliphatic rings. The van der Waals surface area contributed by atoms with E-state index in [2.05, 4.69) is 326 Å². The summed E-state index contributed by atoms with van der Waals surface area (Å²) in [7, 11) is 0. The Balaban J connectivity index is 0.984. The largest absolute Gasteiger partial charge is 0.308 e. The number of fused-ring (bicyclic) bond motifs is 3. The zero-order valence-electron chi connectivity index (χ0n) is 43.5. The van der Waals surface area contributed by atoms with Gasteiger partial charge in [-0.25, -0.2) is 0 Å². The molecule has 1 heterocycles. The van der Waals surface area contributed by atoms with Crippen molar-refractivity contribution in [3.8, 4) is 117 Å². The normalized spacial score (nSPS) is 11.3. The molecule has 14 rings (SSSR count). The van der Waals surface area contributed by atoms with Crippen molar-refractivity contribution < 1.29 is 0 Å². The SMILES string of the molecule is c1ccc(-c2cc(-c3ccccc3)cc(-c3ccc(-c4cc(-c5ccccc5)cc5c6cc(-c7ccccc7)cc(-c7ccc(-c8cc(-c9ccccc9)cc(-c9ccccc9)c8)cc7)c6n(-c6ccccc6)c45)cc3)c2)cc1. The summed E-state index contributed by atoms with van der Waals surface area (Å²) in [6, 6.07) is 118. The van der Waals surface area contributed by atoms with Crippen molar-refractivity contribution >= 4 is 21.8 Å². The van der Waals surface area contributed by atoms with E-state index in [1.165, 1.54) is 122 Å². The summed E-state index contributed by atoms with van der Waals surface area (Å²) in [5, 5.41) is 2.40. The van der Waals surface area contributed by atoms with Crippen LogP contribution in [0.2, 0.25) is 0 Å². The molecule has 0 aliphatic carbocycles. The number of nitrogens with zero attached hydrogens (tertiary/aromatic N) is 1. The van der Waals surface area contributed by atoms with Crippen LogP contribution in [-0.4, -0.2) is 4.57 Å². The third-order valence-corrected chi connectivity index (χ3v) is 15.5. The first-order chi connectivity index (χ1) is 39.1. The zero-order chi connectivity index (χ0) is 52.5. The maximum atomic E-state index is 2.53. The first-order valence-corrected chi connectivity index (χ1v) is 27.2. The van der Waals surface area contributed by atoms with Crippen molar-refractivity contribution in [2.24, 2.45) is 0 Å². The summed E-state index contributed by atoms with van der Waals surface area (Å²) in [6.45, 7) is 0. The lowest BCUT2D eigenvalue weighted by molar-refractivity contribution is 1.18. The molecule has 13 aromatic carbocycles. The minimum Gasteiger partial charge on any atom is -0.308 e. The molecule has 1 heteroatoms. The van der Waals surface area contributed by atoms with Gasteiger partial charge in [0.15, 0.2) is 0 Å². The number of aromatic nitrogens is 1. The molecule has 0 amide bonds. The molecular formula is C78H53N. The minimum atomic E-state index is 1.11. The molecule has 79 heavy (non-hydrogen) atoms. The Morgan fingerprint density at radius 2 is 0.354 bits per heavy atom. The lowest BCUT2D eigenvalue weighted by atomic mass is 9.91. The Kier molecular flexibility index (Phi) is 12.3. The highest BCUT2D eigenvalue weighted by Gasteiger charge is 2.23. The van der Waals surface area contributed by atoms with E-state index >= 15 is 0 Å². The van der Waals surface area contributed by atoms with E-state index in [4.69, 9.17) is 0 Å². The number of rotatable bonds is 11. The second-order valence-electron chi connectivity index (χ2n) is 20.5. The Morgan fingerprint density at radius 3 is 0.608 bits per heavy atom. The Bertz CT molecular complexity index is 4050. The van der Waals surface area contributed by atoms with Gasteiger partial charge in [0.1, 0.15) is 0 Å². The van der Waals surface area contributed by atoms with Crippen LogP contribution in [0.3, 0.4) is 0 Å². The average Bonchev–Trinajstić information content (AvgIpc) is 4.09. The zero-order valence-corrected chi connectivity index (χ0v) is 43.5. The summed E-state index contributed by atoms with van der Waals surface area (Å²) in [6.07, 6.45) is 0. The van der Waals surface area contributed by atoms with Crippen LogP contribution in [0, 0.1) is 0 Å². The van der Waals surface area contributed by atoms with Crippen molar-refractivity contribution in [3.63, 3.8) is 0 Å². The van der Waals surface area contributed by atoms with E-state index < -0.39 is 0 Å². The van der Waals surface area contributed by atoms with Gasteiger partial charge in [-0.15, -0.1) is 0 Å². The molecule has 0 saturated heterocycles. The van der Waals surface area contributed by atoms with E-state index in [1.807, 2.05) is 0 Å². The van der Waals surface area contributed by atoms with E-state index in [1.54, 1.807) is 0 Å². The number of hydrogen-bond donors (Lipinski definition) is 0. The molecule has 1 nitrogen and oxygen atoms in total. The third kappa shape index (κ3) is 9.24. The van der Waals surface area contributed by atoms with Crippen molar-refractivity contribution in [1.82, 2.24) is 4.57 Å². The van der Waals surface area contributed by atoms with Crippen LogP contribution in [0.4, 0.5) is 0 Å². The molecule has 0 atom stereocenters. The lowest BCUT2D eigenvalue weighted by Gasteiger charge is -2.16.